The Morgan fingerprint density at radius 3 is 2.96 bits per heavy atom. The number of amides is 2. The van der Waals surface area contributed by atoms with Crippen LogP contribution in [0.2, 0.25) is 0 Å². The van der Waals surface area contributed by atoms with Crippen LogP contribution in [0.1, 0.15) is 22.3 Å². The fourth-order valence-electron chi connectivity index (χ4n) is 2.96. The third kappa shape index (κ3) is 3.47. The lowest BCUT2D eigenvalue weighted by Gasteiger charge is -2.29. The van der Waals surface area contributed by atoms with Gasteiger partial charge in [-0.05, 0) is 42.7 Å². The number of rotatable bonds is 5. The fraction of sp³-hybridized carbons (Fsp3) is 0.278. The molecule has 0 saturated heterocycles. The first-order chi connectivity index (χ1) is 12.2. The molecule has 25 heavy (non-hydrogen) atoms. The van der Waals surface area contributed by atoms with Gasteiger partial charge in [-0.15, -0.1) is 11.3 Å². The lowest BCUT2D eigenvalue weighted by molar-refractivity contribution is -0.114. The van der Waals surface area contributed by atoms with Gasteiger partial charge in [0.05, 0.1) is 13.2 Å². The molecule has 0 bridgehead atoms. The highest BCUT2D eigenvalue weighted by Gasteiger charge is 2.24. The second kappa shape index (κ2) is 7.58. The van der Waals surface area contributed by atoms with E-state index in [1.54, 1.807) is 22.5 Å². The van der Waals surface area contributed by atoms with Gasteiger partial charge >= 0.3 is 0 Å². The molecule has 2 heterocycles. The van der Waals surface area contributed by atoms with Crippen LogP contribution in [-0.4, -0.2) is 41.6 Å². The van der Waals surface area contributed by atoms with Gasteiger partial charge in [-0.25, -0.2) is 4.98 Å². The largest absolute Gasteiger partial charge is 0.395 e. The fourth-order valence-corrected chi connectivity index (χ4v) is 3.62. The number of thiazole rings is 1. The smallest absolute Gasteiger partial charge is 0.260 e. The lowest BCUT2D eigenvalue weighted by Crippen LogP contribution is -2.35. The Bertz CT molecular complexity index is 789. The number of aliphatic hydroxyl groups excluding tert-OH is 1. The molecule has 0 spiro atoms. The van der Waals surface area contributed by atoms with Crippen LogP contribution in [0.4, 0.5) is 10.8 Å². The normalized spacial score (nSPS) is 13.2. The second-order valence-electron chi connectivity index (χ2n) is 5.64. The minimum atomic E-state index is -0.209. The number of aliphatic hydroxyl groups is 1. The van der Waals surface area contributed by atoms with Gasteiger partial charge in [-0.3, -0.25) is 14.5 Å². The van der Waals surface area contributed by atoms with Crippen LogP contribution in [0.5, 0.6) is 0 Å². The number of carbonyl (C=O) groups is 2. The zero-order valence-corrected chi connectivity index (χ0v) is 14.5. The van der Waals surface area contributed by atoms with Crippen molar-refractivity contribution in [3.8, 4) is 0 Å². The summed E-state index contributed by atoms with van der Waals surface area (Å²) >= 11 is 1.35. The molecule has 0 radical (unpaired) electrons. The predicted molar refractivity (Wildman–Crippen MR) is 98.2 cm³/mol. The second-order valence-corrected chi connectivity index (χ2v) is 6.51. The average Bonchev–Trinajstić information content (AvgIpc) is 3.18. The van der Waals surface area contributed by atoms with Gasteiger partial charge in [0.25, 0.3) is 5.91 Å². The van der Waals surface area contributed by atoms with E-state index in [-0.39, 0.29) is 25.0 Å². The number of anilines is 2. The van der Waals surface area contributed by atoms with Crippen LogP contribution in [-0.2, 0) is 11.2 Å². The van der Waals surface area contributed by atoms with Gasteiger partial charge in [-0.1, -0.05) is 6.58 Å². The molecule has 130 valence electrons. The molecular weight excluding hydrogens is 338 g/mol. The monoisotopic (exact) mass is 357 g/mol. The molecule has 1 N–H and O–H groups in total. The summed E-state index contributed by atoms with van der Waals surface area (Å²) in [5, 5.41) is 11.6. The highest BCUT2D eigenvalue weighted by atomic mass is 32.1. The maximum absolute atomic E-state index is 12.9. The maximum atomic E-state index is 12.9. The Labute approximate surface area is 150 Å². The van der Waals surface area contributed by atoms with Crippen LogP contribution in [0, 0.1) is 0 Å². The highest BCUT2D eigenvalue weighted by Crippen LogP contribution is 2.29. The van der Waals surface area contributed by atoms with Gasteiger partial charge in [0.15, 0.2) is 5.13 Å². The zero-order chi connectivity index (χ0) is 17.8. The molecule has 1 aromatic heterocycles. The van der Waals surface area contributed by atoms with E-state index in [0.717, 1.165) is 24.1 Å². The Morgan fingerprint density at radius 1 is 1.44 bits per heavy atom. The van der Waals surface area contributed by atoms with E-state index in [1.807, 2.05) is 12.1 Å². The molecule has 6 nitrogen and oxygen atoms in total. The number of hydrogen-bond acceptors (Lipinski definition) is 5. The molecule has 2 amide bonds. The number of carbonyl (C=O) groups excluding carboxylic acids is 2. The van der Waals surface area contributed by atoms with Crippen LogP contribution in [0.15, 0.2) is 42.4 Å². The SMILES string of the molecule is C=CC(=O)N1CCCc2cc(C(=O)N(CCO)c3nccs3)ccc21. The number of nitrogens with zero attached hydrogens (tertiary/aromatic N) is 3. The average molecular weight is 357 g/mol. The minimum absolute atomic E-state index is 0.135. The molecular formula is C18H19N3O3S. The van der Waals surface area contributed by atoms with Crippen LogP contribution in [0.3, 0.4) is 0 Å². The number of benzene rings is 1. The summed E-state index contributed by atoms with van der Waals surface area (Å²) in [4.78, 5) is 32.2. The van der Waals surface area contributed by atoms with Gasteiger partial charge in [0, 0.05) is 29.4 Å². The summed E-state index contributed by atoms with van der Waals surface area (Å²) < 4.78 is 0. The van der Waals surface area contributed by atoms with Crippen LogP contribution < -0.4 is 9.80 Å². The van der Waals surface area contributed by atoms with E-state index in [2.05, 4.69) is 11.6 Å². The Balaban J connectivity index is 1.92. The van der Waals surface area contributed by atoms with Gasteiger partial charge in [0.1, 0.15) is 0 Å². The summed E-state index contributed by atoms with van der Waals surface area (Å²) in [6.45, 7) is 4.24. The summed E-state index contributed by atoms with van der Waals surface area (Å²) in [6.07, 6.45) is 4.59. The molecule has 1 aliphatic rings. The van der Waals surface area contributed by atoms with Crippen molar-refractivity contribution in [1.82, 2.24) is 4.98 Å². The molecule has 7 heteroatoms. The lowest BCUT2D eigenvalue weighted by atomic mass is 9.98. The third-order valence-corrected chi connectivity index (χ3v) is 4.90. The van der Waals surface area contributed by atoms with Crippen molar-refractivity contribution in [2.75, 3.05) is 29.5 Å². The van der Waals surface area contributed by atoms with Crippen molar-refractivity contribution in [2.45, 2.75) is 12.8 Å². The first-order valence-electron chi connectivity index (χ1n) is 8.04. The standard InChI is InChI=1S/C18H19N3O3S/c1-2-16(23)20-8-3-4-13-12-14(5-6-15(13)20)17(24)21(9-10-22)18-19-7-11-25-18/h2,5-7,11-12,22H,1,3-4,8-10H2. The van der Waals surface area contributed by atoms with Crippen molar-refractivity contribution in [2.24, 2.45) is 0 Å². The number of aryl methyl sites for hydroxylation is 1. The van der Waals surface area contributed by atoms with E-state index < -0.39 is 0 Å². The maximum Gasteiger partial charge on any atom is 0.260 e. The van der Waals surface area contributed by atoms with Crippen molar-refractivity contribution < 1.29 is 14.7 Å². The van der Waals surface area contributed by atoms with Gasteiger partial charge < -0.3 is 10.0 Å². The highest BCUT2D eigenvalue weighted by molar-refractivity contribution is 7.13. The predicted octanol–water partition coefficient (Wildman–Crippen LogP) is 2.25. The van der Waals surface area contributed by atoms with Crippen molar-refractivity contribution in [3.05, 3.63) is 53.6 Å². The topological polar surface area (TPSA) is 73.7 Å². The van der Waals surface area contributed by atoms with E-state index in [0.29, 0.717) is 17.2 Å². The van der Waals surface area contributed by atoms with E-state index in [4.69, 9.17) is 0 Å². The van der Waals surface area contributed by atoms with Crippen molar-refractivity contribution in [1.29, 1.82) is 0 Å². The first kappa shape index (κ1) is 17.3. The summed E-state index contributed by atoms with van der Waals surface area (Å²) in [7, 11) is 0. The van der Waals surface area contributed by atoms with E-state index >= 15 is 0 Å². The summed E-state index contributed by atoms with van der Waals surface area (Å²) in [6, 6.07) is 5.36. The van der Waals surface area contributed by atoms with E-state index in [1.165, 1.54) is 22.3 Å². The summed E-state index contributed by atoms with van der Waals surface area (Å²) in [5.41, 5.74) is 2.32. The quantitative estimate of drug-likeness (QED) is 0.833. The van der Waals surface area contributed by atoms with E-state index in [9.17, 15) is 14.7 Å². The molecule has 1 aliphatic heterocycles. The molecule has 1 aromatic carbocycles. The molecule has 0 saturated carbocycles. The minimum Gasteiger partial charge on any atom is -0.395 e. The van der Waals surface area contributed by atoms with Gasteiger partial charge in [0.2, 0.25) is 5.91 Å². The zero-order valence-electron chi connectivity index (χ0n) is 13.7. The Kier molecular flexibility index (Phi) is 5.25. The molecule has 0 fully saturated rings. The third-order valence-electron chi connectivity index (χ3n) is 4.10. The molecule has 0 atom stereocenters. The van der Waals surface area contributed by atoms with Crippen LogP contribution in [0.25, 0.3) is 0 Å². The van der Waals surface area contributed by atoms with Crippen molar-refractivity contribution in [3.63, 3.8) is 0 Å². The summed E-state index contributed by atoms with van der Waals surface area (Å²) in [5.74, 6) is -0.344. The Morgan fingerprint density at radius 2 is 2.28 bits per heavy atom. The number of fused-ring (bicyclic) bond motifs is 1. The number of aromatic nitrogens is 1. The molecule has 3 rings (SSSR count). The molecule has 0 unspecified atom stereocenters. The van der Waals surface area contributed by atoms with Crippen molar-refractivity contribution >= 4 is 34.0 Å². The van der Waals surface area contributed by atoms with Crippen LogP contribution >= 0.6 is 11.3 Å². The van der Waals surface area contributed by atoms with Gasteiger partial charge in [-0.2, -0.15) is 0 Å². The molecule has 2 aromatic rings. The molecule has 0 aliphatic carbocycles. The first-order valence-corrected chi connectivity index (χ1v) is 8.92. The number of hydrogen-bond donors (Lipinski definition) is 1. The Hall–Kier alpha value is -2.51.